The Kier molecular flexibility index (Phi) is 4.11. The third-order valence-corrected chi connectivity index (χ3v) is 3.24. The summed E-state index contributed by atoms with van der Waals surface area (Å²) in [7, 11) is 0. The van der Waals surface area contributed by atoms with Gasteiger partial charge in [0.1, 0.15) is 6.29 Å². The molecule has 0 aliphatic carbocycles. The lowest BCUT2D eigenvalue weighted by Crippen LogP contribution is -2.19. The number of aryl methyl sites for hydroxylation is 1. The molecular formula is C14H19NO. The highest BCUT2D eigenvalue weighted by Gasteiger charge is 2.13. The van der Waals surface area contributed by atoms with Gasteiger partial charge in [-0.2, -0.15) is 0 Å². The second-order valence-electron chi connectivity index (χ2n) is 4.46. The minimum absolute atomic E-state index is 0.636. The molecule has 0 saturated carbocycles. The fraction of sp³-hybridized carbons (Fsp3) is 0.500. The lowest BCUT2D eigenvalue weighted by Gasteiger charge is -2.17. The molecule has 1 aliphatic heterocycles. The lowest BCUT2D eigenvalue weighted by molar-refractivity contribution is -0.107. The van der Waals surface area contributed by atoms with Crippen LogP contribution in [0.5, 0.6) is 0 Å². The molecular weight excluding hydrogens is 198 g/mol. The molecule has 2 rings (SSSR count). The molecule has 0 unspecified atom stereocenters. The molecule has 1 aliphatic rings. The highest BCUT2D eigenvalue weighted by molar-refractivity contribution is 5.50. The predicted molar refractivity (Wildman–Crippen MR) is 65.3 cm³/mol. The molecule has 0 radical (unpaired) electrons. The summed E-state index contributed by atoms with van der Waals surface area (Å²) >= 11 is 0. The van der Waals surface area contributed by atoms with Crippen LogP contribution < -0.4 is 0 Å². The third-order valence-electron chi connectivity index (χ3n) is 3.24. The maximum absolute atomic E-state index is 10.4. The van der Waals surface area contributed by atoms with Crippen molar-refractivity contribution >= 4 is 6.29 Å². The highest BCUT2D eigenvalue weighted by Crippen LogP contribution is 2.16. The van der Waals surface area contributed by atoms with Crippen LogP contribution in [-0.4, -0.2) is 24.3 Å². The van der Waals surface area contributed by atoms with Crippen LogP contribution in [0.2, 0.25) is 0 Å². The fourth-order valence-corrected chi connectivity index (χ4v) is 2.35. The topological polar surface area (TPSA) is 20.3 Å². The van der Waals surface area contributed by atoms with Crippen molar-refractivity contribution in [2.75, 3.05) is 13.1 Å². The molecule has 1 aromatic rings. The van der Waals surface area contributed by atoms with Crippen LogP contribution in [0.3, 0.4) is 0 Å². The van der Waals surface area contributed by atoms with Gasteiger partial charge in [0.05, 0.1) is 0 Å². The molecule has 0 bridgehead atoms. The monoisotopic (exact) mass is 217 g/mol. The van der Waals surface area contributed by atoms with E-state index in [1.54, 1.807) is 0 Å². The van der Waals surface area contributed by atoms with Crippen LogP contribution in [-0.2, 0) is 17.8 Å². The van der Waals surface area contributed by atoms with E-state index in [9.17, 15) is 4.79 Å². The maximum atomic E-state index is 10.4. The minimum atomic E-state index is 0.636. The van der Waals surface area contributed by atoms with E-state index in [1.807, 2.05) is 0 Å². The van der Waals surface area contributed by atoms with Crippen LogP contribution >= 0.6 is 0 Å². The molecule has 0 N–H and O–H groups in total. The van der Waals surface area contributed by atoms with Crippen molar-refractivity contribution in [3.05, 3.63) is 35.4 Å². The molecule has 2 nitrogen and oxygen atoms in total. The third kappa shape index (κ3) is 2.92. The summed E-state index contributed by atoms with van der Waals surface area (Å²) in [5, 5.41) is 0. The number of hydrogen-bond acceptors (Lipinski definition) is 2. The van der Waals surface area contributed by atoms with Crippen molar-refractivity contribution in [1.29, 1.82) is 0 Å². The van der Waals surface area contributed by atoms with Crippen molar-refractivity contribution in [1.82, 2.24) is 4.90 Å². The van der Waals surface area contributed by atoms with E-state index in [4.69, 9.17) is 0 Å². The van der Waals surface area contributed by atoms with Crippen LogP contribution in [0.4, 0.5) is 0 Å². The lowest BCUT2D eigenvalue weighted by atomic mass is 10.0. The fourth-order valence-electron chi connectivity index (χ4n) is 2.35. The second kappa shape index (κ2) is 5.80. The molecule has 1 saturated heterocycles. The van der Waals surface area contributed by atoms with Gasteiger partial charge in [-0.3, -0.25) is 4.90 Å². The molecule has 1 fully saturated rings. The largest absolute Gasteiger partial charge is 0.303 e. The summed E-state index contributed by atoms with van der Waals surface area (Å²) in [4.78, 5) is 12.9. The van der Waals surface area contributed by atoms with E-state index in [0.717, 1.165) is 19.3 Å². The smallest absolute Gasteiger partial charge is 0.120 e. The van der Waals surface area contributed by atoms with Gasteiger partial charge in [0.25, 0.3) is 0 Å². The Balaban J connectivity index is 2.02. The first-order chi connectivity index (χ1) is 7.90. The molecule has 0 spiro atoms. The standard InChI is InChI=1S/C14H19NO/c16-11-5-8-13-6-1-2-7-14(13)12-15-9-3-4-10-15/h1-2,6-7,11H,3-5,8-10,12H2. The second-order valence-corrected chi connectivity index (χ2v) is 4.46. The first-order valence-electron chi connectivity index (χ1n) is 6.13. The van der Waals surface area contributed by atoms with Crippen molar-refractivity contribution in [2.45, 2.75) is 32.2 Å². The van der Waals surface area contributed by atoms with Gasteiger partial charge in [0.15, 0.2) is 0 Å². The normalized spacial score (nSPS) is 16.5. The molecule has 2 heteroatoms. The first-order valence-corrected chi connectivity index (χ1v) is 6.13. The van der Waals surface area contributed by atoms with Gasteiger partial charge in [-0.25, -0.2) is 0 Å². The molecule has 86 valence electrons. The summed E-state index contributed by atoms with van der Waals surface area (Å²) in [6, 6.07) is 8.50. The van der Waals surface area contributed by atoms with Crippen molar-refractivity contribution < 1.29 is 4.79 Å². The number of hydrogen-bond donors (Lipinski definition) is 0. The Labute approximate surface area is 97.3 Å². The van der Waals surface area contributed by atoms with E-state index in [1.165, 1.54) is 37.1 Å². The number of likely N-dealkylation sites (tertiary alicyclic amines) is 1. The SMILES string of the molecule is O=CCCc1ccccc1CN1CCCC1. The number of aldehydes is 1. The van der Waals surface area contributed by atoms with Crippen molar-refractivity contribution in [2.24, 2.45) is 0 Å². The Bertz CT molecular complexity index is 342. The summed E-state index contributed by atoms with van der Waals surface area (Å²) in [5.41, 5.74) is 2.73. The Hall–Kier alpha value is -1.15. The molecule has 0 amide bonds. The van der Waals surface area contributed by atoms with Crippen molar-refractivity contribution in [3.8, 4) is 0 Å². The average Bonchev–Trinajstić information content (AvgIpc) is 2.81. The zero-order valence-electron chi connectivity index (χ0n) is 9.69. The summed E-state index contributed by atoms with van der Waals surface area (Å²) in [6.45, 7) is 3.50. The highest BCUT2D eigenvalue weighted by atomic mass is 16.1. The molecule has 1 aromatic carbocycles. The summed E-state index contributed by atoms with van der Waals surface area (Å²) in [5.74, 6) is 0. The van der Waals surface area contributed by atoms with E-state index >= 15 is 0 Å². The van der Waals surface area contributed by atoms with E-state index in [-0.39, 0.29) is 0 Å². The van der Waals surface area contributed by atoms with E-state index in [0.29, 0.717) is 6.42 Å². The van der Waals surface area contributed by atoms with Crippen LogP contribution in [0.15, 0.2) is 24.3 Å². The molecule has 0 atom stereocenters. The van der Waals surface area contributed by atoms with E-state index in [2.05, 4.69) is 29.2 Å². The predicted octanol–water partition coefficient (Wildman–Crippen LogP) is 2.41. The quantitative estimate of drug-likeness (QED) is 0.706. The van der Waals surface area contributed by atoms with Crippen molar-refractivity contribution in [3.63, 3.8) is 0 Å². The minimum Gasteiger partial charge on any atom is -0.303 e. The van der Waals surface area contributed by atoms with E-state index < -0.39 is 0 Å². The van der Waals surface area contributed by atoms with Crippen LogP contribution in [0.25, 0.3) is 0 Å². The van der Waals surface area contributed by atoms with Crippen LogP contribution in [0.1, 0.15) is 30.4 Å². The van der Waals surface area contributed by atoms with Crippen LogP contribution in [0, 0.1) is 0 Å². The number of carbonyl (C=O) groups is 1. The zero-order chi connectivity index (χ0) is 11.2. The molecule has 16 heavy (non-hydrogen) atoms. The van der Waals surface area contributed by atoms with Gasteiger partial charge >= 0.3 is 0 Å². The zero-order valence-corrected chi connectivity index (χ0v) is 9.69. The Morgan fingerprint density at radius 1 is 1.12 bits per heavy atom. The summed E-state index contributed by atoms with van der Waals surface area (Å²) in [6.07, 6.45) is 5.18. The maximum Gasteiger partial charge on any atom is 0.120 e. The van der Waals surface area contributed by atoms with Gasteiger partial charge in [-0.1, -0.05) is 24.3 Å². The van der Waals surface area contributed by atoms with Gasteiger partial charge in [-0.05, 0) is 43.5 Å². The molecule has 1 heterocycles. The number of benzene rings is 1. The van der Waals surface area contributed by atoms with Gasteiger partial charge in [0, 0.05) is 13.0 Å². The number of rotatable bonds is 5. The van der Waals surface area contributed by atoms with Gasteiger partial charge in [0.2, 0.25) is 0 Å². The van der Waals surface area contributed by atoms with Gasteiger partial charge < -0.3 is 4.79 Å². The number of nitrogens with zero attached hydrogens (tertiary/aromatic N) is 1. The average molecular weight is 217 g/mol. The summed E-state index contributed by atoms with van der Waals surface area (Å²) < 4.78 is 0. The Morgan fingerprint density at radius 3 is 2.50 bits per heavy atom. The molecule has 0 aromatic heterocycles. The number of carbonyl (C=O) groups excluding carboxylic acids is 1. The van der Waals surface area contributed by atoms with Gasteiger partial charge in [-0.15, -0.1) is 0 Å². The Morgan fingerprint density at radius 2 is 1.81 bits per heavy atom. The first kappa shape index (κ1) is 11.3.